The highest BCUT2D eigenvalue weighted by atomic mass is 79.9. The third kappa shape index (κ3) is 4.02. The lowest BCUT2D eigenvalue weighted by Crippen LogP contribution is -2.23. The SMILES string of the molecule is CCC(Br)C(=O)Nc1ccc(N(CC)CC)cc1. The number of hydrogen-bond acceptors (Lipinski definition) is 2. The van der Waals surface area contributed by atoms with Gasteiger partial charge in [-0.3, -0.25) is 4.79 Å². The number of anilines is 2. The van der Waals surface area contributed by atoms with E-state index in [4.69, 9.17) is 0 Å². The van der Waals surface area contributed by atoms with Crippen molar-refractivity contribution in [2.24, 2.45) is 0 Å². The second-order valence-electron chi connectivity index (χ2n) is 4.08. The Morgan fingerprint density at radius 1 is 1.22 bits per heavy atom. The summed E-state index contributed by atoms with van der Waals surface area (Å²) in [6.45, 7) is 8.22. The molecule has 1 rings (SSSR count). The Balaban J connectivity index is 2.68. The van der Waals surface area contributed by atoms with Gasteiger partial charge in [-0.1, -0.05) is 22.9 Å². The fourth-order valence-electron chi connectivity index (χ4n) is 1.75. The molecular weight excluding hydrogens is 292 g/mol. The summed E-state index contributed by atoms with van der Waals surface area (Å²) in [6.07, 6.45) is 0.781. The Kier molecular flexibility index (Phi) is 6.19. The van der Waals surface area contributed by atoms with Crippen LogP contribution in [0.4, 0.5) is 11.4 Å². The van der Waals surface area contributed by atoms with Crippen LogP contribution in [0, 0.1) is 0 Å². The van der Waals surface area contributed by atoms with E-state index in [1.807, 2.05) is 31.2 Å². The molecule has 1 N–H and O–H groups in total. The van der Waals surface area contributed by atoms with Crippen molar-refractivity contribution in [3.05, 3.63) is 24.3 Å². The predicted octanol–water partition coefficient (Wildman–Crippen LogP) is 3.64. The zero-order valence-electron chi connectivity index (χ0n) is 11.2. The minimum absolute atomic E-state index is 0.00749. The summed E-state index contributed by atoms with van der Waals surface area (Å²) in [7, 11) is 0. The standard InChI is InChI=1S/C14H21BrN2O/c1-4-13(15)14(18)16-11-7-9-12(10-8-11)17(5-2)6-3/h7-10,13H,4-6H2,1-3H3,(H,16,18). The molecule has 0 aromatic heterocycles. The lowest BCUT2D eigenvalue weighted by atomic mass is 10.2. The van der Waals surface area contributed by atoms with Crippen LogP contribution < -0.4 is 10.2 Å². The van der Waals surface area contributed by atoms with Gasteiger partial charge in [0.25, 0.3) is 0 Å². The number of alkyl halides is 1. The van der Waals surface area contributed by atoms with Crippen molar-refractivity contribution >= 4 is 33.2 Å². The Labute approximate surface area is 118 Å². The van der Waals surface area contributed by atoms with E-state index in [1.54, 1.807) is 0 Å². The zero-order chi connectivity index (χ0) is 13.5. The minimum Gasteiger partial charge on any atom is -0.372 e. The third-order valence-corrected chi connectivity index (χ3v) is 3.97. The van der Waals surface area contributed by atoms with Crippen LogP contribution in [-0.2, 0) is 4.79 Å². The number of carbonyl (C=O) groups excluding carboxylic acids is 1. The molecule has 0 spiro atoms. The number of halogens is 1. The monoisotopic (exact) mass is 312 g/mol. The van der Waals surface area contributed by atoms with Gasteiger partial charge in [0.2, 0.25) is 5.91 Å². The highest BCUT2D eigenvalue weighted by Gasteiger charge is 2.12. The van der Waals surface area contributed by atoms with Crippen LogP contribution in [0.3, 0.4) is 0 Å². The predicted molar refractivity (Wildman–Crippen MR) is 81.6 cm³/mol. The highest BCUT2D eigenvalue weighted by Crippen LogP contribution is 2.18. The molecule has 0 aliphatic carbocycles. The van der Waals surface area contributed by atoms with Gasteiger partial charge in [0.15, 0.2) is 0 Å². The van der Waals surface area contributed by atoms with Gasteiger partial charge in [-0.2, -0.15) is 0 Å². The van der Waals surface area contributed by atoms with E-state index >= 15 is 0 Å². The Hall–Kier alpha value is -1.03. The first-order valence-corrected chi connectivity index (χ1v) is 7.33. The van der Waals surface area contributed by atoms with Gasteiger partial charge in [-0.05, 0) is 44.5 Å². The second kappa shape index (κ2) is 7.41. The molecule has 0 fully saturated rings. The Morgan fingerprint density at radius 3 is 2.22 bits per heavy atom. The maximum atomic E-state index is 11.7. The third-order valence-electron chi connectivity index (χ3n) is 2.91. The molecule has 0 radical (unpaired) electrons. The lowest BCUT2D eigenvalue weighted by molar-refractivity contribution is -0.115. The number of nitrogens with zero attached hydrogens (tertiary/aromatic N) is 1. The van der Waals surface area contributed by atoms with Gasteiger partial charge in [0.1, 0.15) is 0 Å². The smallest absolute Gasteiger partial charge is 0.238 e. The van der Waals surface area contributed by atoms with Gasteiger partial charge in [0.05, 0.1) is 4.83 Å². The second-order valence-corrected chi connectivity index (χ2v) is 5.19. The molecule has 0 bridgehead atoms. The van der Waals surface area contributed by atoms with E-state index in [1.165, 1.54) is 5.69 Å². The fraction of sp³-hybridized carbons (Fsp3) is 0.500. The summed E-state index contributed by atoms with van der Waals surface area (Å²) in [6, 6.07) is 7.97. The van der Waals surface area contributed by atoms with Crippen molar-refractivity contribution in [3.8, 4) is 0 Å². The number of carbonyl (C=O) groups is 1. The maximum absolute atomic E-state index is 11.7. The van der Waals surface area contributed by atoms with Gasteiger partial charge >= 0.3 is 0 Å². The molecular formula is C14H21BrN2O. The summed E-state index contributed by atoms with van der Waals surface area (Å²) in [5.74, 6) is 0.00749. The van der Waals surface area contributed by atoms with Crippen LogP contribution in [0.2, 0.25) is 0 Å². The molecule has 0 aliphatic rings. The van der Waals surface area contributed by atoms with Crippen LogP contribution >= 0.6 is 15.9 Å². The van der Waals surface area contributed by atoms with Crippen molar-refractivity contribution in [1.29, 1.82) is 0 Å². The molecule has 0 heterocycles. The normalized spacial score (nSPS) is 12.0. The number of nitrogens with one attached hydrogen (secondary N) is 1. The fourth-order valence-corrected chi connectivity index (χ4v) is 1.86. The van der Waals surface area contributed by atoms with Gasteiger partial charge < -0.3 is 10.2 Å². The first-order chi connectivity index (χ1) is 8.62. The summed E-state index contributed by atoms with van der Waals surface area (Å²) in [4.78, 5) is 13.8. The van der Waals surface area contributed by atoms with E-state index in [-0.39, 0.29) is 10.7 Å². The molecule has 0 saturated carbocycles. The molecule has 3 nitrogen and oxygen atoms in total. The molecule has 0 saturated heterocycles. The first kappa shape index (κ1) is 15.0. The van der Waals surface area contributed by atoms with Crippen LogP contribution in [0.5, 0.6) is 0 Å². The molecule has 1 amide bonds. The van der Waals surface area contributed by atoms with E-state index in [9.17, 15) is 4.79 Å². The van der Waals surface area contributed by atoms with Crippen molar-refractivity contribution < 1.29 is 4.79 Å². The average Bonchev–Trinajstić information content (AvgIpc) is 2.41. The molecule has 4 heteroatoms. The number of benzene rings is 1. The van der Waals surface area contributed by atoms with Gasteiger partial charge in [-0.15, -0.1) is 0 Å². The molecule has 100 valence electrons. The highest BCUT2D eigenvalue weighted by molar-refractivity contribution is 9.10. The van der Waals surface area contributed by atoms with E-state index in [0.717, 1.165) is 25.2 Å². The molecule has 18 heavy (non-hydrogen) atoms. The molecule has 1 aromatic carbocycles. The van der Waals surface area contributed by atoms with Crippen molar-refractivity contribution in [2.45, 2.75) is 32.0 Å². The summed E-state index contributed by atoms with van der Waals surface area (Å²) >= 11 is 3.34. The van der Waals surface area contributed by atoms with Crippen molar-refractivity contribution in [3.63, 3.8) is 0 Å². The summed E-state index contributed by atoms with van der Waals surface area (Å²) in [5, 5.41) is 2.89. The van der Waals surface area contributed by atoms with Gasteiger partial charge in [-0.25, -0.2) is 0 Å². The summed E-state index contributed by atoms with van der Waals surface area (Å²) < 4.78 is 0. The Morgan fingerprint density at radius 2 is 1.78 bits per heavy atom. The quantitative estimate of drug-likeness (QED) is 0.813. The molecule has 0 aliphatic heterocycles. The van der Waals surface area contributed by atoms with Crippen molar-refractivity contribution in [2.75, 3.05) is 23.3 Å². The van der Waals surface area contributed by atoms with Gasteiger partial charge in [0, 0.05) is 24.5 Å². The minimum atomic E-state index is -0.125. The Bertz CT molecular complexity index is 374. The van der Waals surface area contributed by atoms with Crippen molar-refractivity contribution in [1.82, 2.24) is 0 Å². The van der Waals surface area contributed by atoms with E-state index in [0.29, 0.717) is 0 Å². The van der Waals surface area contributed by atoms with Crippen LogP contribution in [-0.4, -0.2) is 23.8 Å². The molecule has 1 atom stereocenters. The first-order valence-electron chi connectivity index (χ1n) is 6.42. The number of rotatable bonds is 6. The molecule has 1 unspecified atom stereocenters. The van der Waals surface area contributed by atoms with Crippen LogP contribution in [0.25, 0.3) is 0 Å². The number of amides is 1. The van der Waals surface area contributed by atoms with Crippen LogP contribution in [0.1, 0.15) is 27.2 Å². The van der Waals surface area contributed by atoms with E-state index < -0.39 is 0 Å². The van der Waals surface area contributed by atoms with Crippen LogP contribution in [0.15, 0.2) is 24.3 Å². The summed E-state index contributed by atoms with van der Waals surface area (Å²) in [5.41, 5.74) is 2.03. The zero-order valence-corrected chi connectivity index (χ0v) is 12.8. The number of hydrogen-bond donors (Lipinski definition) is 1. The molecule has 1 aromatic rings. The lowest BCUT2D eigenvalue weighted by Gasteiger charge is -2.21. The largest absolute Gasteiger partial charge is 0.372 e. The maximum Gasteiger partial charge on any atom is 0.238 e. The van der Waals surface area contributed by atoms with E-state index in [2.05, 4.69) is 40.0 Å². The topological polar surface area (TPSA) is 32.3 Å². The average molecular weight is 313 g/mol.